The SMILES string of the molecule is CSC(C)NCCSCCNC(C)(C)C. The molecule has 0 aliphatic heterocycles. The van der Waals surface area contributed by atoms with Crippen molar-refractivity contribution in [1.29, 1.82) is 0 Å². The van der Waals surface area contributed by atoms with Gasteiger partial charge >= 0.3 is 0 Å². The fourth-order valence-electron chi connectivity index (χ4n) is 1.02. The Labute approximate surface area is 104 Å². The zero-order valence-electron chi connectivity index (χ0n) is 10.7. The van der Waals surface area contributed by atoms with E-state index in [2.05, 4.69) is 44.6 Å². The molecule has 1 unspecified atom stereocenters. The molecule has 1 atom stereocenters. The molecule has 2 nitrogen and oxygen atoms in total. The fraction of sp³-hybridized carbons (Fsp3) is 1.00. The van der Waals surface area contributed by atoms with E-state index in [0.717, 1.165) is 13.1 Å². The Morgan fingerprint density at radius 2 is 1.73 bits per heavy atom. The summed E-state index contributed by atoms with van der Waals surface area (Å²) in [7, 11) is 0. The zero-order chi connectivity index (χ0) is 11.7. The second-order valence-corrected chi connectivity index (χ2v) is 7.02. The maximum absolute atomic E-state index is 3.49. The molecule has 0 rings (SSSR count). The maximum Gasteiger partial charge on any atom is 0.0500 e. The standard InChI is InChI=1S/C11H26N2S2/c1-10(14-5)12-6-8-15-9-7-13-11(2,3)4/h10,12-13H,6-9H2,1-5H3. The molecule has 0 bridgehead atoms. The van der Waals surface area contributed by atoms with Gasteiger partial charge in [0.15, 0.2) is 0 Å². The molecular weight excluding hydrogens is 224 g/mol. The summed E-state index contributed by atoms with van der Waals surface area (Å²) in [5, 5.41) is 7.53. The quantitative estimate of drug-likeness (QED) is 0.510. The molecule has 0 aromatic rings. The van der Waals surface area contributed by atoms with E-state index in [1.807, 2.05) is 23.5 Å². The van der Waals surface area contributed by atoms with E-state index < -0.39 is 0 Å². The van der Waals surface area contributed by atoms with Crippen molar-refractivity contribution in [3.63, 3.8) is 0 Å². The Kier molecular flexibility index (Phi) is 9.10. The van der Waals surface area contributed by atoms with Crippen molar-refractivity contribution in [2.75, 3.05) is 30.9 Å². The molecule has 0 heterocycles. The molecule has 0 aliphatic carbocycles. The summed E-state index contributed by atoms with van der Waals surface area (Å²) in [4.78, 5) is 0. The van der Waals surface area contributed by atoms with Gasteiger partial charge in [-0.15, -0.1) is 11.8 Å². The Hall–Kier alpha value is 0.620. The van der Waals surface area contributed by atoms with Gasteiger partial charge in [-0.25, -0.2) is 0 Å². The first-order valence-corrected chi connectivity index (χ1v) is 7.99. The minimum Gasteiger partial charge on any atom is -0.311 e. The number of thioether (sulfide) groups is 2. The van der Waals surface area contributed by atoms with Crippen LogP contribution < -0.4 is 10.6 Å². The van der Waals surface area contributed by atoms with Gasteiger partial charge in [0.1, 0.15) is 0 Å². The van der Waals surface area contributed by atoms with E-state index in [1.54, 1.807) is 0 Å². The van der Waals surface area contributed by atoms with E-state index in [0.29, 0.717) is 5.37 Å². The van der Waals surface area contributed by atoms with Crippen molar-refractivity contribution in [3.05, 3.63) is 0 Å². The van der Waals surface area contributed by atoms with Gasteiger partial charge < -0.3 is 10.6 Å². The number of hydrogen-bond acceptors (Lipinski definition) is 4. The van der Waals surface area contributed by atoms with Crippen molar-refractivity contribution in [2.45, 2.75) is 38.6 Å². The van der Waals surface area contributed by atoms with Crippen LogP contribution in [0.4, 0.5) is 0 Å². The van der Waals surface area contributed by atoms with Crippen LogP contribution in [0.1, 0.15) is 27.7 Å². The summed E-state index contributed by atoms with van der Waals surface area (Å²) in [6.07, 6.45) is 2.14. The van der Waals surface area contributed by atoms with E-state index in [1.165, 1.54) is 11.5 Å². The van der Waals surface area contributed by atoms with Gasteiger partial charge in [-0.1, -0.05) is 0 Å². The second-order valence-electron chi connectivity index (χ2n) is 4.62. The first-order chi connectivity index (χ1) is 6.95. The molecule has 0 amide bonds. The van der Waals surface area contributed by atoms with Gasteiger partial charge in [0, 0.05) is 30.1 Å². The van der Waals surface area contributed by atoms with Crippen LogP contribution in [0.3, 0.4) is 0 Å². The third kappa shape index (κ3) is 12.6. The first kappa shape index (κ1) is 15.6. The third-order valence-electron chi connectivity index (χ3n) is 1.93. The monoisotopic (exact) mass is 250 g/mol. The van der Waals surface area contributed by atoms with Gasteiger partial charge in [0.05, 0.1) is 5.37 Å². The highest BCUT2D eigenvalue weighted by Gasteiger charge is 2.06. The average Bonchev–Trinajstić information content (AvgIpc) is 2.14. The van der Waals surface area contributed by atoms with Crippen molar-refractivity contribution < 1.29 is 0 Å². The summed E-state index contributed by atoms with van der Waals surface area (Å²) < 4.78 is 0. The van der Waals surface area contributed by atoms with Crippen LogP contribution in [-0.4, -0.2) is 41.8 Å². The van der Waals surface area contributed by atoms with E-state index in [-0.39, 0.29) is 5.54 Å². The highest BCUT2D eigenvalue weighted by atomic mass is 32.2. The van der Waals surface area contributed by atoms with E-state index >= 15 is 0 Å². The summed E-state index contributed by atoms with van der Waals surface area (Å²) in [6, 6.07) is 0. The Bertz CT molecular complexity index is 146. The topological polar surface area (TPSA) is 24.1 Å². The van der Waals surface area contributed by atoms with E-state index in [4.69, 9.17) is 0 Å². The van der Waals surface area contributed by atoms with Crippen molar-refractivity contribution >= 4 is 23.5 Å². The minimum atomic E-state index is 0.256. The van der Waals surface area contributed by atoms with Crippen LogP contribution in [0.5, 0.6) is 0 Å². The lowest BCUT2D eigenvalue weighted by Gasteiger charge is -2.20. The Morgan fingerprint density at radius 3 is 2.27 bits per heavy atom. The molecule has 15 heavy (non-hydrogen) atoms. The fourth-order valence-corrected chi connectivity index (χ4v) is 2.02. The van der Waals surface area contributed by atoms with Crippen LogP contribution in [0.25, 0.3) is 0 Å². The molecule has 4 heteroatoms. The third-order valence-corrected chi connectivity index (χ3v) is 3.79. The lowest BCUT2D eigenvalue weighted by Crippen LogP contribution is -2.37. The lowest BCUT2D eigenvalue weighted by atomic mass is 10.1. The molecule has 0 saturated carbocycles. The van der Waals surface area contributed by atoms with Gasteiger partial charge in [-0.3, -0.25) is 0 Å². The molecule has 92 valence electrons. The van der Waals surface area contributed by atoms with Gasteiger partial charge in [0.2, 0.25) is 0 Å². The molecule has 2 N–H and O–H groups in total. The smallest absolute Gasteiger partial charge is 0.0500 e. The van der Waals surface area contributed by atoms with Crippen molar-refractivity contribution in [3.8, 4) is 0 Å². The summed E-state index contributed by atoms with van der Waals surface area (Å²) in [5.74, 6) is 2.41. The Morgan fingerprint density at radius 1 is 1.13 bits per heavy atom. The maximum atomic E-state index is 3.49. The highest BCUT2D eigenvalue weighted by molar-refractivity contribution is 7.99. The normalized spacial score (nSPS) is 14.2. The number of rotatable bonds is 8. The first-order valence-electron chi connectivity index (χ1n) is 5.54. The molecule has 0 fully saturated rings. The zero-order valence-corrected chi connectivity index (χ0v) is 12.4. The van der Waals surface area contributed by atoms with Crippen LogP contribution in [0, 0.1) is 0 Å². The largest absolute Gasteiger partial charge is 0.311 e. The summed E-state index contributed by atoms with van der Waals surface area (Å²) in [6.45, 7) is 11.0. The predicted octanol–water partition coefficient (Wildman–Crippen LogP) is 2.41. The minimum absolute atomic E-state index is 0.256. The summed E-state index contributed by atoms with van der Waals surface area (Å²) in [5.41, 5.74) is 0.256. The number of hydrogen-bond donors (Lipinski definition) is 2. The molecule has 0 aromatic heterocycles. The molecule has 0 spiro atoms. The Balaban J connectivity index is 3.12. The summed E-state index contributed by atoms with van der Waals surface area (Å²) >= 11 is 3.88. The molecule has 0 saturated heterocycles. The van der Waals surface area contributed by atoms with Crippen LogP contribution in [0.2, 0.25) is 0 Å². The van der Waals surface area contributed by atoms with Crippen LogP contribution in [-0.2, 0) is 0 Å². The molecule has 0 radical (unpaired) electrons. The second kappa shape index (κ2) is 8.74. The predicted molar refractivity (Wildman–Crippen MR) is 76.1 cm³/mol. The average molecular weight is 250 g/mol. The van der Waals surface area contributed by atoms with Crippen LogP contribution in [0.15, 0.2) is 0 Å². The van der Waals surface area contributed by atoms with E-state index in [9.17, 15) is 0 Å². The molecular formula is C11H26N2S2. The molecule has 0 aliphatic rings. The van der Waals surface area contributed by atoms with Gasteiger partial charge in [0.25, 0.3) is 0 Å². The van der Waals surface area contributed by atoms with Gasteiger partial charge in [-0.05, 0) is 34.0 Å². The molecule has 0 aromatic carbocycles. The van der Waals surface area contributed by atoms with Crippen LogP contribution >= 0.6 is 23.5 Å². The lowest BCUT2D eigenvalue weighted by molar-refractivity contribution is 0.441. The van der Waals surface area contributed by atoms with Crippen molar-refractivity contribution in [1.82, 2.24) is 10.6 Å². The van der Waals surface area contributed by atoms with Crippen molar-refractivity contribution in [2.24, 2.45) is 0 Å². The highest BCUT2D eigenvalue weighted by Crippen LogP contribution is 2.03. The van der Waals surface area contributed by atoms with Gasteiger partial charge in [-0.2, -0.15) is 11.8 Å². The number of nitrogens with one attached hydrogen (secondary N) is 2.